The third-order valence-electron chi connectivity index (χ3n) is 2.75. The molecular weight excluding hydrogens is 333 g/mol. The molecule has 0 spiro atoms. The maximum Gasteiger partial charge on any atom is 0.257 e. The molecule has 2 rings (SSSR count). The van der Waals surface area contributed by atoms with Crippen LogP contribution < -0.4 is 10.2 Å². The Morgan fingerprint density at radius 2 is 1.90 bits per heavy atom. The molecule has 7 heteroatoms. The minimum absolute atomic E-state index is 0.157. The van der Waals surface area contributed by atoms with Crippen molar-refractivity contribution < 1.29 is 4.79 Å². The first-order valence-corrected chi connectivity index (χ1v) is 7.11. The lowest BCUT2D eigenvalue weighted by Gasteiger charge is -2.18. The van der Waals surface area contributed by atoms with E-state index in [0.717, 1.165) is 5.69 Å². The highest BCUT2D eigenvalue weighted by Crippen LogP contribution is 2.28. The van der Waals surface area contributed by atoms with E-state index in [2.05, 4.69) is 10.3 Å². The van der Waals surface area contributed by atoms with E-state index in [0.29, 0.717) is 16.3 Å². The summed E-state index contributed by atoms with van der Waals surface area (Å²) in [5.41, 5.74) is 1.75. The van der Waals surface area contributed by atoms with E-state index < -0.39 is 0 Å². The number of carbonyl (C=O) groups excluding carboxylic acids is 1. The SMILES string of the molecule is CN(C)c1ccc(Cl)cc1NC(=O)c1cnc(Cl)c(Cl)c1. The zero-order chi connectivity index (χ0) is 15.6. The number of amides is 1. The first-order chi connectivity index (χ1) is 9.88. The summed E-state index contributed by atoms with van der Waals surface area (Å²) in [4.78, 5) is 18.0. The first kappa shape index (κ1) is 15.9. The minimum atomic E-state index is -0.341. The quantitative estimate of drug-likeness (QED) is 0.841. The summed E-state index contributed by atoms with van der Waals surface area (Å²) < 4.78 is 0. The second-order valence-electron chi connectivity index (χ2n) is 4.51. The summed E-state index contributed by atoms with van der Waals surface area (Å²) in [6, 6.07) is 6.73. The van der Waals surface area contributed by atoms with Crippen LogP contribution in [0.5, 0.6) is 0 Å². The Morgan fingerprint density at radius 1 is 1.19 bits per heavy atom. The van der Waals surface area contributed by atoms with Crippen LogP contribution in [0.2, 0.25) is 15.2 Å². The van der Waals surface area contributed by atoms with Crippen molar-refractivity contribution in [1.29, 1.82) is 0 Å². The van der Waals surface area contributed by atoms with Gasteiger partial charge in [0.25, 0.3) is 5.91 Å². The van der Waals surface area contributed by atoms with E-state index in [-0.39, 0.29) is 16.1 Å². The molecule has 4 nitrogen and oxygen atoms in total. The van der Waals surface area contributed by atoms with Crippen LogP contribution in [0, 0.1) is 0 Å². The van der Waals surface area contributed by atoms with Gasteiger partial charge in [0, 0.05) is 25.3 Å². The molecule has 0 bridgehead atoms. The molecule has 0 aliphatic rings. The van der Waals surface area contributed by atoms with Gasteiger partial charge in [0.1, 0.15) is 5.15 Å². The Morgan fingerprint density at radius 3 is 2.52 bits per heavy atom. The summed E-state index contributed by atoms with van der Waals surface area (Å²) in [7, 11) is 3.75. The molecule has 110 valence electrons. The summed E-state index contributed by atoms with van der Waals surface area (Å²) in [6.07, 6.45) is 1.36. The van der Waals surface area contributed by atoms with Gasteiger partial charge < -0.3 is 10.2 Å². The average Bonchev–Trinajstić information content (AvgIpc) is 2.41. The molecule has 1 aromatic heterocycles. The number of anilines is 2. The zero-order valence-electron chi connectivity index (χ0n) is 11.3. The number of benzene rings is 1. The lowest BCUT2D eigenvalue weighted by molar-refractivity contribution is 0.102. The van der Waals surface area contributed by atoms with E-state index in [9.17, 15) is 4.79 Å². The van der Waals surface area contributed by atoms with Gasteiger partial charge in [0.15, 0.2) is 0 Å². The normalized spacial score (nSPS) is 10.3. The Kier molecular flexibility index (Phi) is 4.93. The fraction of sp³-hybridized carbons (Fsp3) is 0.143. The monoisotopic (exact) mass is 343 g/mol. The third-order valence-corrected chi connectivity index (χ3v) is 3.67. The van der Waals surface area contributed by atoms with Gasteiger partial charge in [0.2, 0.25) is 0 Å². The van der Waals surface area contributed by atoms with Crippen LogP contribution in [0.1, 0.15) is 10.4 Å². The van der Waals surface area contributed by atoms with Gasteiger partial charge >= 0.3 is 0 Å². The van der Waals surface area contributed by atoms with Gasteiger partial charge in [-0.3, -0.25) is 4.79 Å². The van der Waals surface area contributed by atoms with Crippen molar-refractivity contribution in [2.75, 3.05) is 24.3 Å². The lowest BCUT2D eigenvalue weighted by atomic mass is 10.2. The number of hydrogen-bond donors (Lipinski definition) is 1. The van der Waals surface area contributed by atoms with Crippen LogP contribution >= 0.6 is 34.8 Å². The lowest BCUT2D eigenvalue weighted by Crippen LogP contribution is -2.17. The number of aromatic nitrogens is 1. The van der Waals surface area contributed by atoms with E-state index in [1.54, 1.807) is 12.1 Å². The summed E-state index contributed by atoms with van der Waals surface area (Å²) in [6.45, 7) is 0. The summed E-state index contributed by atoms with van der Waals surface area (Å²) in [5.74, 6) is -0.341. The van der Waals surface area contributed by atoms with E-state index in [4.69, 9.17) is 34.8 Å². The highest BCUT2D eigenvalue weighted by molar-refractivity contribution is 6.41. The molecule has 0 unspecified atom stereocenters. The van der Waals surface area contributed by atoms with Crippen LogP contribution in [-0.4, -0.2) is 25.0 Å². The fourth-order valence-electron chi connectivity index (χ4n) is 1.74. The topological polar surface area (TPSA) is 45.2 Å². The van der Waals surface area contributed by atoms with E-state index in [1.165, 1.54) is 12.3 Å². The predicted octanol–water partition coefficient (Wildman–Crippen LogP) is 4.36. The molecule has 1 heterocycles. The van der Waals surface area contributed by atoms with Gasteiger partial charge in [-0.1, -0.05) is 34.8 Å². The minimum Gasteiger partial charge on any atom is -0.376 e. The van der Waals surface area contributed by atoms with Crippen LogP contribution in [0.4, 0.5) is 11.4 Å². The van der Waals surface area contributed by atoms with Crippen molar-refractivity contribution >= 4 is 52.1 Å². The van der Waals surface area contributed by atoms with Crippen molar-refractivity contribution in [3.05, 3.63) is 51.2 Å². The number of carbonyl (C=O) groups is 1. The average molecular weight is 345 g/mol. The Balaban J connectivity index is 2.30. The molecule has 0 saturated heterocycles. The molecule has 2 aromatic rings. The third kappa shape index (κ3) is 3.79. The van der Waals surface area contributed by atoms with Crippen molar-refractivity contribution in [1.82, 2.24) is 4.98 Å². The number of hydrogen-bond acceptors (Lipinski definition) is 3. The van der Waals surface area contributed by atoms with Crippen molar-refractivity contribution in [2.24, 2.45) is 0 Å². The molecule has 0 radical (unpaired) electrons. The van der Waals surface area contributed by atoms with E-state index in [1.807, 2.05) is 25.1 Å². The number of rotatable bonds is 3. The molecule has 0 atom stereocenters. The number of halogens is 3. The maximum atomic E-state index is 12.2. The largest absolute Gasteiger partial charge is 0.376 e. The maximum absolute atomic E-state index is 12.2. The van der Waals surface area contributed by atoms with Crippen LogP contribution in [0.3, 0.4) is 0 Å². The summed E-state index contributed by atoms with van der Waals surface area (Å²) in [5, 5.41) is 3.70. The second kappa shape index (κ2) is 6.52. The standard InChI is InChI=1S/C14H12Cl3N3O/c1-20(2)12-4-3-9(15)6-11(12)19-14(21)8-5-10(16)13(17)18-7-8/h3-7H,1-2H3,(H,19,21). The Bertz CT molecular complexity index is 689. The van der Waals surface area contributed by atoms with Crippen molar-refractivity contribution in [2.45, 2.75) is 0 Å². The summed E-state index contributed by atoms with van der Waals surface area (Å²) >= 11 is 17.6. The zero-order valence-corrected chi connectivity index (χ0v) is 13.6. The molecule has 0 fully saturated rings. The highest BCUT2D eigenvalue weighted by Gasteiger charge is 2.13. The molecule has 1 N–H and O–H groups in total. The van der Waals surface area contributed by atoms with E-state index >= 15 is 0 Å². The predicted molar refractivity (Wildman–Crippen MR) is 88.0 cm³/mol. The number of nitrogens with zero attached hydrogens (tertiary/aromatic N) is 2. The molecule has 0 saturated carbocycles. The van der Waals surface area contributed by atoms with Crippen LogP contribution in [0.25, 0.3) is 0 Å². The molecule has 1 amide bonds. The first-order valence-electron chi connectivity index (χ1n) is 5.97. The smallest absolute Gasteiger partial charge is 0.257 e. The van der Waals surface area contributed by atoms with Crippen molar-refractivity contribution in [3.8, 4) is 0 Å². The van der Waals surface area contributed by atoms with Gasteiger partial charge in [-0.05, 0) is 24.3 Å². The van der Waals surface area contributed by atoms with Gasteiger partial charge in [-0.2, -0.15) is 0 Å². The molecule has 21 heavy (non-hydrogen) atoms. The second-order valence-corrected chi connectivity index (χ2v) is 5.71. The Labute approximate surface area is 137 Å². The molecular formula is C14H12Cl3N3O. The molecule has 0 aliphatic heterocycles. The van der Waals surface area contributed by atoms with Gasteiger partial charge in [-0.25, -0.2) is 4.98 Å². The fourth-order valence-corrected chi connectivity index (χ4v) is 2.18. The number of nitrogens with one attached hydrogen (secondary N) is 1. The molecule has 0 aliphatic carbocycles. The van der Waals surface area contributed by atoms with Crippen LogP contribution in [-0.2, 0) is 0 Å². The highest BCUT2D eigenvalue weighted by atomic mass is 35.5. The van der Waals surface area contributed by atoms with Gasteiger partial charge in [-0.15, -0.1) is 0 Å². The van der Waals surface area contributed by atoms with Crippen molar-refractivity contribution in [3.63, 3.8) is 0 Å². The Hall–Kier alpha value is -1.49. The van der Waals surface area contributed by atoms with Crippen LogP contribution in [0.15, 0.2) is 30.5 Å². The molecule has 1 aromatic carbocycles. The number of pyridine rings is 1. The van der Waals surface area contributed by atoms with Gasteiger partial charge in [0.05, 0.1) is 22.0 Å².